The number of benzene rings is 2. The van der Waals surface area contributed by atoms with Crippen LogP contribution in [0.5, 0.6) is 0 Å². The molecular formula is C21H21FN4O2. The van der Waals surface area contributed by atoms with Gasteiger partial charge < -0.3 is 10.2 Å². The second kappa shape index (κ2) is 8.47. The molecule has 0 saturated carbocycles. The van der Waals surface area contributed by atoms with Crippen LogP contribution in [0.2, 0.25) is 0 Å². The number of nitrogens with zero attached hydrogens (tertiary/aromatic N) is 3. The molecule has 0 aliphatic carbocycles. The third-order valence-corrected chi connectivity index (χ3v) is 4.20. The lowest BCUT2D eigenvalue weighted by atomic mass is 10.3. The van der Waals surface area contributed by atoms with Gasteiger partial charge in [-0.3, -0.25) is 14.2 Å². The number of halogens is 1. The molecule has 0 atom stereocenters. The van der Waals surface area contributed by atoms with Crippen molar-refractivity contribution in [2.45, 2.75) is 20.4 Å². The van der Waals surface area contributed by atoms with E-state index >= 15 is 0 Å². The summed E-state index contributed by atoms with van der Waals surface area (Å²) in [7, 11) is 0. The second-order valence-electron chi connectivity index (χ2n) is 6.25. The third-order valence-electron chi connectivity index (χ3n) is 4.20. The van der Waals surface area contributed by atoms with Crippen LogP contribution < -0.4 is 15.8 Å². The quantitative estimate of drug-likeness (QED) is 0.711. The molecular weight excluding hydrogens is 359 g/mol. The molecule has 0 aliphatic heterocycles. The van der Waals surface area contributed by atoms with Crippen molar-refractivity contribution in [1.29, 1.82) is 0 Å². The molecule has 3 aromatic rings. The molecule has 1 N–H and O–H groups in total. The summed E-state index contributed by atoms with van der Waals surface area (Å²) in [6, 6.07) is 16.4. The Balaban J connectivity index is 1.92. The Morgan fingerprint density at radius 3 is 2.57 bits per heavy atom. The molecule has 144 valence electrons. The number of likely N-dealkylation sites (N-methyl/N-ethyl adjacent to an activating group) is 1. The van der Waals surface area contributed by atoms with Crippen molar-refractivity contribution < 1.29 is 9.18 Å². The molecule has 3 rings (SSSR count). The molecule has 1 aromatic heterocycles. The standard InChI is InChI=1S/C21H21FN4O2/c1-3-25(18-10-5-4-6-11-18)20(28)14-26-19(27)12-15(2)23-21(26)24-17-9-7-8-16(22)13-17/h4-13H,3,14H2,1-2H3,(H,23,24). The van der Waals surface area contributed by atoms with Gasteiger partial charge in [0.05, 0.1) is 0 Å². The summed E-state index contributed by atoms with van der Waals surface area (Å²) in [4.78, 5) is 31.4. The number of aromatic nitrogens is 2. The van der Waals surface area contributed by atoms with Crippen molar-refractivity contribution in [1.82, 2.24) is 9.55 Å². The van der Waals surface area contributed by atoms with Gasteiger partial charge in [0.1, 0.15) is 12.4 Å². The van der Waals surface area contributed by atoms with E-state index in [1.807, 2.05) is 37.3 Å². The van der Waals surface area contributed by atoms with Crippen molar-refractivity contribution >= 4 is 23.2 Å². The number of amides is 1. The van der Waals surface area contributed by atoms with Crippen LogP contribution >= 0.6 is 0 Å². The van der Waals surface area contributed by atoms with E-state index in [2.05, 4.69) is 10.3 Å². The van der Waals surface area contributed by atoms with Crippen LogP contribution in [0, 0.1) is 12.7 Å². The number of hydrogen-bond donors (Lipinski definition) is 1. The van der Waals surface area contributed by atoms with Crippen molar-refractivity contribution in [2.24, 2.45) is 0 Å². The molecule has 6 nitrogen and oxygen atoms in total. The number of aryl methyl sites for hydroxylation is 1. The van der Waals surface area contributed by atoms with Crippen LogP contribution in [-0.4, -0.2) is 22.0 Å². The summed E-state index contributed by atoms with van der Waals surface area (Å²) in [6.07, 6.45) is 0. The molecule has 0 saturated heterocycles. The van der Waals surface area contributed by atoms with Crippen LogP contribution in [0.3, 0.4) is 0 Å². The number of para-hydroxylation sites is 1. The molecule has 1 amide bonds. The van der Waals surface area contributed by atoms with Gasteiger partial charge in [0.15, 0.2) is 0 Å². The molecule has 28 heavy (non-hydrogen) atoms. The molecule has 0 bridgehead atoms. The van der Waals surface area contributed by atoms with Gasteiger partial charge in [-0.25, -0.2) is 9.37 Å². The van der Waals surface area contributed by atoms with E-state index in [-0.39, 0.29) is 24.0 Å². The lowest BCUT2D eigenvalue weighted by Crippen LogP contribution is -2.37. The highest BCUT2D eigenvalue weighted by molar-refractivity contribution is 5.93. The highest BCUT2D eigenvalue weighted by Crippen LogP contribution is 2.17. The van der Waals surface area contributed by atoms with E-state index < -0.39 is 5.82 Å². The maximum atomic E-state index is 13.5. The molecule has 1 heterocycles. The average Bonchev–Trinajstić information content (AvgIpc) is 2.66. The van der Waals surface area contributed by atoms with E-state index in [1.165, 1.54) is 22.8 Å². The van der Waals surface area contributed by atoms with Crippen molar-refractivity contribution in [3.63, 3.8) is 0 Å². The van der Waals surface area contributed by atoms with Crippen LogP contribution in [0.15, 0.2) is 65.5 Å². The van der Waals surface area contributed by atoms with Crippen LogP contribution in [0.4, 0.5) is 21.7 Å². The normalized spacial score (nSPS) is 10.5. The largest absolute Gasteiger partial charge is 0.325 e. The summed E-state index contributed by atoms with van der Waals surface area (Å²) in [5.74, 6) is -0.472. The first-order valence-corrected chi connectivity index (χ1v) is 8.94. The monoisotopic (exact) mass is 380 g/mol. The number of rotatable bonds is 6. The maximum Gasteiger partial charge on any atom is 0.255 e. The molecule has 0 aliphatic rings. The van der Waals surface area contributed by atoms with Gasteiger partial charge in [-0.05, 0) is 44.2 Å². The summed E-state index contributed by atoms with van der Waals surface area (Å²) in [6.45, 7) is 3.83. The molecule has 2 aromatic carbocycles. The average molecular weight is 380 g/mol. The highest BCUT2D eigenvalue weighted by Gasteiger charge is 2.17. The summed E-state index contributed by atoms with van der Waals surface area (Å²) in [5.41, 5.74) is 1.34. The Morgan fingerprint density at radius 2 is 1.89 bits per heavy atom. The fourth-order valence-corrected chi connectivity index (χ4v) is 2.90. The first-order valence-electron chi connectivity index (χ1n) is 8.94. The minimum atomic E-state index is -0.413. The van der Waals surface area contributed by atoms with Gasteiger partial charge in [0.25, 0.3) is 5.56 Å². The van der Waals surface area contributed by atoms with Gasteiger partial charge in [-0.2, -0.15) is 0 Å². The Morgan fingerprint density at radius 1 is 1.14 bits per heavy atom. The van der Waals surface area contributed by atoms with E-state index in [0.29, 0.717) is 17.9 Å². The zero-order valence-electron chi connectivity index (χ0n) is 15.7. The Bertz CT molecular complexity index is 1030. The second-order valence-corrected chi connectivity index (χ2v) is 6.25. The number of nitrogens with one attached hydrogen (secondary N) is 1. The Hall–Kier alpha value is -3.48. The van der Waals surface area contributed by atoms with Gasteiger partial charge in [-0.1, -0.05) is 24.3 Å². The van der Waals surface area contributed by atoms with Crippen LogP contribution in [-0.2, 0) is 11.3 Å². The Labute approximate surface area is 162 Å². The third kappa shape index (κ3) is 4.43. The fraction of sp³-hybridized carbons (Fsp3) is 0.190. The van der Waals surface area contributed by atoms with Crippen LogP contribution in [0.25, 0.3) is 0 Å². The molecule has 0 spiro atoms. The van der Waals surface area contributed by atoms with Crippen molar-refractivity contribution in [3.05, 3.63) is 82.5 Å². The molecule has 0 radical (unpaired) electrons. The van der Waals surface area contributed by atoms with Crippen LogP contribution in [0.1, 0.15) is 12.6 Å². The van der Waals surface area contributed by atoms with E-state index in [4.69, 9.17) is 0 Å². The van der Waals surface area contributed by atoms with E-state index in [9.17, 15) is 14.0 Å². The Kier molecular flexibility index (Phi) is 5.84. The predicted molar refractivity (Wildman–Crippen MR) is 107 cm³/mol. The van der Waals surface area contributed by atoms with Gasteiger partial charge in [0.2, 0.25) is 11.9 Å². The topological polar surface area (TPSA) is 67.2 Å². The zero-order valence-corrected chi connectivity index (χ0v) is 15.7. The first-order chi connectivity index (χ1) is 13.5. The first kappa shape index (κ1) is 19.3. The minimum absolute atomic E-state index is 0.188. The highest BCUT2D eigenvalue weighted by atomic mass is 19.1. The SMILES string of the molecule is CCN(C(=O)Cn1c(Nc2cccc(F)c2)nc(C)cc1=O)c1ccccc1. The molecule has 7 heteroatoms. The summed E-state index contributed by atoms with van der Waals surface area (Å²) >= 11 is 0. The summed E-state index contributed by atoms with van der Waals surface area (Å²) < 4.78 is 14.7. The van der Waals surface area contributed by atoms with Gasteiger partial charge in [0, 0.05) is 29.7 Å². The summed E-state index contributed by atoms with van der Waals surface area (Å²) in [5, 5.41) is 2.94. The number of carbonyl (C=O) groups excluding carboxylic acids is 1. The van der Waals surface area contributed by atoms with Crippen molar-refractivity contribution in [3.8, 4) is 0 Å². The smallest absolute Gasteiger partial charge is 0.255 e. The number of hydrogen-bond acceptors (Lipinski definition) is 4. The lowest BCUT2D eigenvalue weighted by molar-refractivity contribution is -0.119. The number of anilines is 3. The zero-order chi connectivity index (χ0) is 20.1. The fourth-order valence-electron chi connectivity index (χ4n) is 2.90. The number of carbonyl (C=O) groups is 1. The minimum Gasteiger partial charge on any atom is -0.325 e. The van der Waals surface area contributed by atoms with Crippen molar-refractivity contribution in [2.75, 3.05) is 16.8 Å². The maximum absolute atomic E-state index is 13.5. The van der Waals surface area contributed by atoms with Gasteiger partial charge in [-0.15, -0.1) is 0 Å². The van der Waals surface area contributed by atoms with E-state index in [1.54, 1.807) is 24.0 Å². The van der Waals surface area contributed by atoms with Gasteiger partial charge >= 0.3 is 0 Å². The molecule has 0 unspecified atom stereocenters. The lowest BCUT2D eigenvalue weighted by Gasteiger charge is -2.22. The predicted octanol–water partition coefficient (Wildman–Crippen LogP) is 3.49. The van der Waals surface area contributed by atoms with E-state index in [0.717, 1.165) is 5.69 Å². The molecule has 0 fully saturated rings.